The first-order valence-electron chi connectivity index (χ1n) is 8.56. The van der Waals surface area contributed by atoms with Crippen molar-refractivity contribution in [2.45, 2.75) is 19.9 Å². The van der Waals surface area contributed by atoms with E-state index in [1.807, 2.05) is 38.1 Å². The molecule has 0 aliphatic heterocycles. The van der Waals surface area contributed by atoms with Gasteiger partial charge >= 0.3 is 0 Å². The van der Waals surface area contributed by atoms with Crippen LogP contribution in [0.2, 0.25) is 10.0 Å². The Balaban J connectivity index is 2.14. The number of ether oxygens (including phenoxy) is 1. The van der Waals surface area contributed by atoms with E-state index in [4.69, 9.17) is 27.9 Å². The van der Waals surface area contributed by atoms with Crippen LogP contribution in [0.5, 0.6) is 5.75 Å². The molecule has 0 saturated carbocycles. The average molecular weight is 445 g/mol. The highest BCUT2D eigenvalue weighted by atomic mass is 35.5. The lowest BCUT2D eigenvalue weighted by molar-refractivity contribution is -0.120. The van der Waals surface area contributed by atoms with Gasteiger partial charge in [-0.3, -0.25) is 9.10 Å². The largest absolute Gasteiger partial charge is 0.494 e. The van der Waals surface area contributed by atoms with Gasteiger partial charge in [0.1, 0.15) is 12.3 Å². The lowest BCUT2D eigenvalue weighted by Crippen LogP contribution is -2.41. The summed E-state index contributed by atoms with van der Waals surface area (Å²) in [4.78, 5) is 12.5. The molecule has 0 saturated heterocycles. The molecule has 2 rings (SSSR count). The molecule has 0 heterocycles. The first kappa shape index (κ1) is 22.3. The van der Waals surface area contributed by atoms with Gasteiger partial charge in [0.05, 0.1) is 29.6 Å². The fourth-order valence-electron chi connectivity index (χ4n) is 2.58. The Morgan fingerprint density at radius 3 is 2.39 bits per heavy atom. The summed E-state index contributed by atoms with van der Waals surface area (Å²) >= 11 is 12.1. The van der Waals surface area contributed by atoms with Crippen LogP contribution in [0.15, 0.2) is 42.5 Å². The van der Waals surface area contributed by atoms with E-state index in [1.165, 1.54) is 12.1 Å². The van der Waals surface area contributed by atoms with Gasteiger partial charge in [-0.15, -0.1) is 0 Å². The summed E-state index contributed by atoms with van der Waals surface area (Å²) in [6.45, 7) is 3.86. The molecule has 0 spiro atoms. The molecule has 0 unspecified atom stereocenters. The first-order valence-corrected chi connectivity index (χ1v) is 11.2. The Labute approximate surface area is 175 Å². The van der Waals surface area contributed by atoms with E-state index < -0.39 is 22.5 Å². The van der Waals surface area contributed by atoms with E-state index in [2.05, 4.69) is 5.32 Å². The third-order valence-corrected chi connectivity index (χ3v) is 5.61. The number of halogens is 2. The molecule has 152 valence electrons. The maximum atomic E-state index is 12.5. The van der Waals surface area contributed by atoms with Crippen LogP contribution in [0.3, 0.4) is 0 Å². The second-order valence-electron chi connectivity index (χ2n) is 6.16. The summed E-state index contributed by atoms with van der Waals surface area (Å²) in [5, 5.41) is 3.29. The molecule has 0 fully saturated rings. The molecule has 28 heavy (non-hydrogen) atoms. The SMILES string of the molecule is CCOc1ccc([C@H](C)NC(=O)CN(c2cc(Cl)ccc2Cl)S(C)(=O)=O)cc1. The number of carbonyl (C=O) groups excluding carboxylic acids is 1. The fraction of sp³-hybridized carbons (Fsp3) is 0.316. The molecule has 1 amide bonds. The highest BCUT2D eigenvalue weighted by Crippen LogP contribution is 2.30. The van der Waals surface area contributed by atoms with Crippen LogP contribution in [0.25, 0.3) is 0 Å². The van der Waals surface area contributed by atoms with Gasteiger partial charge in [-0.1, -0.05) is 35.3 Å². The number of anilines is 1. The molecule has 0 radical (unpaired) electrons. The zero-order chi connectivity index (χ0) is 20.9. The standard InChI is InChI=1S/C19H22Cl2N2O4S/c1-4-27-16-8-5-14(6-9-16)13(2)22-19(24)12-23(28(3,25)26)18-11-15(20)7-10-17(18)21/h5-11,13H,4,12H2,1-3H3,(H,22,24)/t13-/m0/s1. The Morgan fingerprint density at radius 1 is 1.18 bits per heavy atom. The summed E-state index contributed by atoms with van der Waals surface area (Å²) < 4.78 is 30.8. The van der Waals surface area contributed by atoms with E-state index in [1.54, 1.807) is 6.07 Å². The van der Waals surface area contributed by atoms with E-state index in [9.17, 15) is 13.2 Å². The second-order valence-corrected chi connectivity index (χ2v) is 8.91. The maximum Gasteiger partial charge on any atom is 0.241 e. The highest BCUT2D eigenvalue weighted by Gasteiger charge is 2.24. The van der Waals surface area contributed by atoms with Crippen LogP contribution in [0.4, 0.5) is 5.69 Å². The number of nitrogens with zero attached hydrogens (tertiary/aromatic N) is 1. The molecule has 0 aliphatic carbocycles. The summed E-state index contributed by atoms with van der Waals surface area (Å²) in [5.74, 6) is 0.270. The van der Waals surface area contributed by atoms with E-state index in [0.717, 1.165) is 21.9 Å². The minimum Gasteiger partial charge on any atom is -0.494 e. The normalized spacial score (nSPS) is 12.3. The van der Waals surface area contributed by atoms with Crippen LogP contribution < -0.4 is 14.4 Å². The number of amides is 1. The molecule has 0 aliphatic rings. The number of benzene rings is 2. The van der Waals surface area contributed by atoms with Gasteiger partial charge in [0.25, 0.3) is 0 Å². The van der Waals surface area contributed by atoms with E-state index >= 15 is 0 Å². The lowest BCUT2D eigenvalue weighted by Gasteiger charge is -2.24. The summed E-state index contributed by atoms with van der Waals surface area (Å²) in [6, 6.07) is 11.4. The van der Waals surface area contributed by atoms with Gasteiger partial charge in [0.15, 0.2) is 0 Å². The van der Waals surface area contributed by atoms with Crippen molar-refractivity contribution < 1.29 is 17.9 Å². The third-order valence-electron chi connectivity index (χ3n) is 3.93. The van der Waals surface area contributed by atoms with Crippen molar-refractivity contribution in [1.29, 1.82) is 0 Å². The summed E-state index contributed by atoms with van der Waals surface area (Å²) in [7, 11) is -3.75. The molecule has 6 nitrogen and oxygen atoms in total. The minimum absolute atomic E-state index is 0.153. The molecule has 9 heteroatoms. The van der Waals surface area contributed by atoms with Gasteiger partial charge in [0.2, 0.25) is 15.9 Å². The Bertz CT molecular complexity index is 933. The van der Waals surface area contributed by atoms with Crippen LogP contribution in [-0.4, -0.2) is 33.7 Å². The monoisotopic (exact) mass is 444 g/mol. The van der Waals surface area contributed by atoms with Gasteiger partial charge in [-0.05, 0) is 49.7 Å². The van der Waals surface area contributed by atoms with Crippen molar-refractivity contribution in [3.05, 3.63) is 58.1 Å². The number of sulfonamides is 1. The van der Waals surface area contributed by atoms with Gasteiger partial charge < -0.3 is 10.1 Å². The van der Waals surface area contributed by atoms with Crippen LogP contribution in [0, 0.1) is 0 Å². The van der Waals surface area contributed by atoms with Crippen molar-refractivity contribution in [2.75, 3.05) is 23.7 Å². The number of hydrogen-bond acceptors (Lipinski definition) is 4. The van der Waals surface area contributed by atoms with Gasteiger partial charge in [0, 0.05) is 5.02 Å². The van der Waals surface area contributed by atoms with Crippen molar-refractivity contribution in [3.8, 4) is 5.75 Å². The number of nitrogens with one attached hydrogen (secondary N) is 1. The van der Waals surface area contributed by atoms with Gasteiger partial charge in [-0.25, -0.2) is 8.42 Å². The molecule has 2 aromatic rings. The van der Waals surface area contributed by atoms with E-state index in [0.29, 0.717) is 11.6 Å². The van der Waals surface area contributed by atoms with Crippen LogP contribution in [-0.2, 0) is 14.8 Å². The summed E-state index contributed by atoms with van der Waals surface area (Å²) in [6.07, 6.45) is 1.01. The van der Waals surface area contributed by atoms with Crippen molar-refractivity contribution >= 4 is 44.8 Å². The minimum atomic E-state index is -3.75. The second kappa shape index (κ2) is 9.49. The molecule has 1 N–H and O–H groups in total. The zero-order valence-corrected chi connectivity index (χ0v) is 18.1. The first-order chi connectivity index (χ1) is 13.1. The van der Waals surface area contributed by atoms with Gasteiger partial charge in [-0.2, -0.15) is 0 Å². The molecule has 0 bridgehead atoms. The topological polar surface area (TPSA) is 75.7 Å². The van der Waals surface area contributed by atoms with Crippen molar-refractivity contribution in [3.63, 3.8) is 0 Å². The Morgan fingerprint density at radius 2 is 1.82 bits per heavy atom. The predicted molar refractivity (Wildman–Crippen MR) is 113 cm³/mol. The van der Waals surface area contributed by atoms with Crippen LogP contribution >= 0.6 is 23.2 Å². The maximum absolute atomic E-state index is 12.5. The van der Waals surface area contributed by atoms with Crippen LogP contribution in [0.1, 0.15) is 25.5 Å². The summed E-state index contributed by atoms with van der Waals surface area (Å²) in [5.41, 5.74) is 1.02. The van der Waals surface area contributed by atoms with Crippen molar-refractivity contribution in [2.24, 2.45) is 0 Å². The third kappa shape index (κ3) is 6.02. The number of rotatable bonds is 8. The molecular weight excluding hydrogens is 423 g/mol. The van der Waals surface area contributed by atoms with E-state index in [-0.39, 0.29) is 16.8 Å². The Hall–Kier alpha value is -1.96. The number of carbonyl (C=O) groups is 1. The molecule has 2 aromatic carbocycles. The molecule has 0 aromatic heterocycles. The predicted octanol–water partition coefficient (Wildman–Crippen LogP) is 4.04. The number of hydrogen-bond donors (Lipinski definition) is 1. The average Bonchev–Trinajstić information content (AvgIpc) is 2.62. The molecular formula is C19H22Cl2N2O4S. The molecule has 1 atom stereocenters. The quantitative estimate of drug-likeness (QED) is 0.666. The Kier molecular flexibility index (Phi) is 7.57. The zero-order valence-electron chi connectivity index (χ0n) is 15.8. The highest BCUT2D eigenvalue weighted by molar-refractivity contribution is 7.92. The smallest absolute Gasteiger partial charge is 0.241 e. The fourth-order valence-corrected chi connectivity index (χ4v) is 3.87. The van der Waals surface area contributed by atoms with Crippen molar-refractivity contribution in [1.82, 2.24) is 5.32 Å². The lowest BCUT2D eigenvalue weighted by atomic mass is 10.1.